The number of allylic oxidation sites excluding steroid dienone is 1. The smallest absolute Gasteiger partial charge is 0.225 e. The molecule has 0 radical (unpaired) electrons. The van der Waals surface area contributed by atoms with Gasteiger partial charge in [0.05, 0.1) is 30.2 Å². The minimum Gasteiger partial charge on any atom is -0.494 e. The molecule has 4 aliphatic rings. The van der Waals surface area contributed by atoms with Gasteiger partial charge in [-0.05, 0) is 54.8 Å². The summed E-state index contributed by atoms with van der Waals surface area (Å²) in [5.74, 6) is 1.13. The first-order valence-corrected chi connectivity index (χ1v) is 13.5. The lowest BCUT2D eigenvalue weighted by Gasteiger charge is -2.33. The average Bonchev–Trinajstić information content (AvgIpc) is 3.72. The van der Waals surface area contributed by atoms with Crippen LogP contribution in [0.4, 0.5) is 0 Å². The number of methoxy groups -OCH3 is 1. The number of rotatable bonds is 5. The number of hydrazone groups is 1. The number of carbonyl (C=O) groups is 1. The Hall–Kier alpha value is -3.85. The van der Waals surface area contributed by atoms with Crippen LogP contribution in [0.1, 0.15) is 42.5 Å². The maximum atomic E-state index is 12.6. The Bertz CT molecular complexity index is 1530. The third-order valence-electron chi connectivity index (χ3n) is 8.36. The molecule has 1 atom stereocenters. The van der Waals surface area contributed by atoms with Crippen molar-refractivity contribution in [1.82, 2.24) is 20.1 Å². The average molecular weight is 512 g/mol. The quantitative estimate of drug-likeness (QED) is 0.512. The molecular weight excluding hydrogens is 480 g/mol. The molecule has 2 aliphatic heterocycles. The van der Waals surface area contributed by atoms with Crippen molar-refractivity contribution in [2.75, 3.05) is 20.2 Å². The first-order valence-electron chi connectivity index (χ1n) is 13.5. The number of aromatic amines is 1. The standard InChI is InChI=1S/C29H31N6O3/c1-38-25-12-24-28(31-27(25)23-7-3-5-18-4-2-6-22(18)23)26(33-32-24)20-13-30-35(16-20)15-17-8-9-34(14-17)29(37)19-10-21(36)11-19/h3,5,7,12-13,15-17,19,21,36H,2,4,6,8-11,14H2,1H3,(H,32,33)/q+1/b35-15+. The number of pyridine rings is 1. The summed E-state index contributed by atoms with van der Waals surface area (Å²) in [5.41, 5.74) is 7.97. The van der Waals surface area contributed by atoms with Crippen LogP contribution in [0.25, 0.3) is 27.9 Å². The van der Waals surface area contributed by atoms with E-state index in [1.165, 1.54) is 17.5 Å². The van der Waals surface area contributed by atoms with Crippen LogP contribution in [0.15, 0.2) is 35.6 Å². The van der Waals surface area contributed by atoms with Crippen molar-refractivity contribution >= 4 is 34.9 Å². The van der Waals surface area contributed by atoms with Gasteiger partial charge in [-0.15, -0.1) is 0 Å². The molecule has 9 nitrogen and oxygen atoms in total. The molecule has 7 rings (SSSR count). The van der Waals surface area contributed by atoms with E-state index in [0.29, 0.717) is 19.4 Å². The highest BCUT2D eigenvalue weighted by molar-refractivity contribution is 6.13. The molecule has 4 heterocycles. The number of aliphatic hydroxyl groups excluding tert-OH is 1. The van der Waals surface area contributed by atoms with Crippen LogP contribution in [0.5, 0.6) is 5.75 Å². The number of likely N-dealkylation sites (tertiary alicyclic amines) is 1. The summed E-state index contributed by atoms with van der Waals surface area (Å²) in [7, 11) is 1.68. The highest BCUT2D eigenvalue weighted by atomic mass is 16.5. The van der Waals surface area contributed by atoms with Gasteiger partial charge in [0.2, 0.25) is 12.1 Å². The van der Waals surface area contributed by atoms with Gasteiger partial charge in [0, 0.05) is 30.6 Å². The van der Waals surface area contributed by atoms with Crippen molar-refractivity contribution < 1.29 is 19.3 Å². The molecule has 2 aromatic heterocycles. The van der Waals surface area contributed by atoms with Crippen molar-refractivity contribution in [3.8, 4) is 17.0 Å². The second-order valence-corrected chi connectivity index (χ2v) is 10.8. The number of H-pyrrole nitrogens is 1. The summed E-state index contributed by atoms with van der Waals surface area (Å²) in [6, 6.07) is 8.43. The number of benzene rings is 1. The Labute approximate surface area is 220 Å². The molecule has 9 heteroatoms. The van der Waals surface area contributed by atoms with E-state index in [2.05, 4.69) is 39.7 Å². The zero-order valence-electron chi connectivity index (χ0n) is 21.4. The lowest BCUT2D eigenvalue weighted by atomic mass is 9.81. The zero-order chi connectivity index (χ0) is 25.8. The SMILES string of the molecule is COc1cc2[nH]nc(C3=C/[N+](=C\C4CCN(C(=O)C5CC(O)C5)C4)N=C3)c2nc1-c1cccc2c1CCC2. The Morgan fingerprint density at radius 1 is 1.26 bits per heavy atom. The molecule has 1 saturated carbocycles. The van der Waals surface area contributed by atoms with E-state index >= 15 is 0 Å². The molecule has 0 bridgehead atoms. The van der Waals surface area contributed by atoms with Gasteiger partial charge >= 0.3 is 0 Å². The third kappa shape index (κ3) is 3.93. The molecule has 1 saturated heterocycles. The van der Waals surface area contributed by atoms with Crippen molar-refractivity contribution in [2.45, 2.75) is 44.6 Å². The number of nitrogens with one attached hydrogen (secondary N) is 1. The van der Waals surface area contributed by atoms with Gasteiger partial charge in [-0.2, -0.15) is 5.10 Å². The van der Waals surface area contributed by atoms with Gasteiger partial charge in [-0.1, -0.05) is 22.9 Å². The normalized spacial score (nSPS) is 25.2. The highest BCUT2D eigenvalue weighted by Crippen LogP contribution is 2.38. The summed E-state index contributed by atoms with van der Waals surface area (Å²) in [6.07, 6.45) is 11.0. The molecule has 2 aliphatic carbocycles. The van der Waals surface area contributed by atoms with E-state index in [1.807, 2.05) is 28.1 Å². The van der Waals surface area contributed by atoms with E-state index in [0.717, 1.165) is 65.1 Å². The van der Waals surface area contributed by atoms with E-state index in [9.17, 15) is 9.90 Å². The van der Waals surface area contributed by atoms with E-state index < -0.39 is 0 Å². The molecule has 0 spiro atoms. The van der Waals surface area contributed by atoms with Gasteiger partial charge in [-0.25, -0.2) is 4.98 Å². The van der Waals surface area contributed by atoms with Crippen LogP contribution in [0.2, 0.25) is 0 Å². The van der Waals surface area contributed by atoms with Crippen molar-refractivity contribution in [2.24, 2.45) is 16.9 Å². The molecule has 1 aromatic carbocycles. The minimum atomic E-state index is -0.310. The Kier molecular flexibility index (Phi) is 5.61. The summed E-state index contributed by atoms with van der Waals surface area (Å²) < 4.78 is 7.57. The van der Waals surface area contributed by atoms with E-state index in [1.54, 1.807) is 7.11 Å². The first-order chi connectivity index (χ1) is 18.6. The largest absolute Gasteiger partial charge is 0.494 e. The number of aromatic nitrogens is 3. The van der Waals surface area contributed by atoms with Gasteiger partial charge in [0.15, 0.2) is 6.21 Å². The summed E-state index contributed by atoms with van der Waals surface area (Å²) in [4.78, 5) is 19.7. The number of nitrogens with zero attached hydrogens (tertiary/aromatic N) is 5. The number of amides is 1. The van der Waals surface area contributed by atoms with Crippen LogP contribution < -0.4 is 4.74 Å². The van der Waals surface area contributed by atoms with Crippen LogP contribution in [-0.4, -0.2) is 74.5 Å². The number of ether oxygens (including phenoxy) is 1. The fourth-order valence-corrected chi connectivity index (χ4v) is 6.24. The van der Waals surface area contributed by atoms with Crippen LogP contribution in [0.3, 0.4) is 0 Å². The van der Waals surface area contributed by atoms with Gasteiger partial charge in [0.25, 0.3) is 0 Å². The topological polar surface area (TPSA) is 107 Å². The molecule has 1 amide bonds. The molecule has 2 N–H and O–H groups in total. The summed E-state index contributed by atoms with van der Waals surface area (Å²) in [6.45, 7) is 1.44. The molecule has 194 valence electrons. The second-order valence-electron chi connectivity index (χ2n) is 10.8. The van der Waals surface area contributed by atoms with Gasteiger partial charge < -0.3 is 14.7 Å². The third-order valence-corrected chi connectivity index (χ3v) is 8.36. The molecule has 38 heavy (non-hydrogen) atoms. The lowest BCUT2D eigenvalue weighted by Crippen LogP contribution is -2.42. The minimum absolute atomic E-state index is 0.0130. The second kappa shape index (κ2) is 9.16. The fourth-order valence-electron chi connectivity index (χ4n) is 6.24. The molecule has 3 aromatic rings. The Balaban J connectivity index is 1.16. The number of hydrogen-bond acceptors (Lipinski definition) is 6. The Morgan fingerprint density at radius 2 is 2.16 bits per heavy atom. The van der Waals surface area contributed by atoms with Gasteiger partial charge in [0.1, 0.15) is 28.9 Å². The monoisotopic (exact) mass is 511 g/mol. The zero-order valence-corrected chi connectivity index (χ0v) is 21.4. The summed E-state index contributed by atoms with van der Waals surface area (Å²) in [5, 5.41) is 21.8. The predicted molar refractivity (Wildman–Crippen MR) is 144 cm³/mol. The lowest BCUT2D eigenvalue weighted by molar-refractivity contribution is -0.454. The maximum absolute atomic E-state index is 12.6. The number of fused-ring (bicyclic) bond motifs is 2. The number of aliphatic hydroxyl groups is 1. The number of carbonyl (C=O) groups excluding carboxylic acids is 1. The van der Waals surface area contributed by atoms with E-state index in [4.69, 9.17) is 9.72 Å². The molecule has 1 unspecified atom stereocenters. The fraction of sp³-hybridized carbons (Fsp3) is 0.414. The summed E-state index contributed by atoms with van der Waals surface area (Å²) >= 11 is 0. The van der Waals surface area contributed by atoms with Crippen LogP contribution >= 0.6 is 0 Å². The first kappa shape index (κ1) is 23.3. The number of aryl methyl sites for hydroxylation is 1. The Morgan fingerprint density at radius 3 is 3.00 bits per heavy atom. The van der Waals surface area contributed by atoms with Crippen molar-refractivity contribution in [1.29, 1.82) is 0 Å². The highest BCUT2D eigenvalue weighted by Gasteiger charge is 2.38. The van der Waals surface area contributed by atoms with Crippen molar-refractivity contribution in [3.05, 3.63) is 47.3 Å². The van der Waals surface area contributed by atoms with E-state index in [-0.39, 0.29) is 23.8 Å². The van der Waals surface area contributed by atoms with Crippen LogP contribution in [-0.2, 0) is 17.6 Å². The van der Waals surface area contributed by atoms with Crippen molar-refractivity contribution in [3.63, 3.8) is 0 Å². The molecule has 2 fully saturated rings. The number of hydrogen-bond donors (Lipinski definition) is 2. The predicted octanol–water partition coefficient (Wildman–Crippen LogP) is 3.17. The maximum Gasteiger partial charge on any atom is 0.225 e. The van der Waals surface area contributed by atoms with Crippen LogP contribution in [0, 0.1) is 11.8 Å². The molecular formula is C29H31N6O3+. The van der Waals surface area contributed by atoms with Gasteiger partial charge in [-0.3, -0.25) is 9.89 Å².